The lowest BCUT2D eigenvalue weighted by Crippen LogP contribution is -2.11. The van der Waals surface area contributed by atoms with E-state index in [9.17, 15) is 9.90 Å². The summed E-state index contributed by atoms with van der Waals surface area (Å²) in [5.41, 5.74) is 2.78. The first-order chi connectivity index (χ1) is 12.5. The minimum Gasteiger partial charge on any atom is -0.478 e. The number of hydrogen-bond acceptors (Lipinski definition) is 3. The van der Waals surface area contributed by atoms with Gasteiger partial charge in [-0.3, -0.25) is 9.78 Å². The molecule has 1 aromatic heterocycles. The molecule has 0 spiro atoms. The molecule has 3 rings (SSSR count). The zero-order valence-electron chi connectivity index (χ0n) is 14.8. The first-order valence-corrected chi connectivity index (χ1v) is 8.99. The SMILES string of the molecule is CCC(C)n1[nH]c(=S)nc1Cc1ccc(-c2ccccc2)c(C(=O)O)c1. The maximum Gasteiger partial charge on any atom is 0.336 e. The number of carboxylic acids is 1. The van der Waals surface area contributed by atoms with Crippen molar-refractivity contribution in [1.82, 2.24) is 14.8 Å². The van der Waals surface area contributed by atoms with Crippen LogP contribution in [0.3, 0.4) is 0 Å². The Balaban J connectivity index is 1.99. The van der Waals surface area contributed by atoms with E-state index < -0.39 is 5.97 Å². The molecule has 1 atom stereocenters. The second-order valence-corrected chi connectivity index (χ2v) is 6.69. The van der Waals surface area contributed by atoms with Crippen LogP contribution in [-0.4, -0.2) is 25.8 Å². The molecular weight excluding hydrogens is 346 g/mol. The number of aromatic amines is 1. The third kappa shape index (κ3) is 3.75. The predicted octanol–water partition coefficient (Wildman–Crippen LogP) is 4.87. The van der Waals surface area contributed by atoms with E-state index in [0.29, 0.717) is 16.8 Å². The Labute approximate surface area is 157 Å². The van der Waals surface area contributed by atoms with E-state index in [0.717, 1.165) is 23.4 Å². The summed E-state index contributed by atoms with van der Waals surface area (Å²) in [7, 11) is 0. The van der Waals surface area contributed by atoms with Crippen LogP contribution in [-0.2, 0) is 6.42 Å². The van der Waals surface area contributed by atoms with E-state index in [1.165, 1.54) is 0 Å². The van der Waals surface area contributed by atoms with Gasteiger partial charge in [0.05, 0.1) is 5.56 Å². The zero-order valence-corrected chi connectivity index (χ0v) is 15.6. The molecule has 1 unspecified atom stereocenters. The molecule has 0 aliphatic heterocycles. The lowest BCUT2D eigenvalue weighted by Gasteiger charge is -2.14. The van der Waals surface area contributed by atoms with Gasteiger partial charge in [-0.25, -0.2) is 9.78 Å². The fourth-order valence-corrected chi connectivity index (χ4v) is 3.17. The molecule has 0 aliphatic rings. The van der Waals surface area contributed by atoms with Crippen molar-refractivity contribution in [2.24, 2.45) is 0 Å². The number of aromatic nitrogens is 3. The summed E-state index contributed by atoms with van der Waals surface area (Å²) < 4.78 is 2.41. The van der Waals surface area contributed by atoms with Crippen LogP contribution in [0.15, 0.2) is 48.5 Å². The van der Waals surface area contributed by atoms with Crippen molar-refractivity contribution in [3.8, 4) is 11.1 Å². The van der Waals surface area contributed by atoms with Gasteiger partial charge in [-0.15, -0.1) is 0 Å². The van der Waals surface area contributed by atoms with Crippen molar-refractivity contribution in [3.63, 3.8) is 0 Å². The second kappa shape index (κ2) is 7.66. The van der Waals surface area contributed by atoms with Gasteiger partial charge in [0, 0.05) is 12.5 Å². The van der Waals surface area contributed by atoms with E-state index in [1.807, 2.05) is 47.1 Å². The number of H-pyrrole nitrogens is 1. The van der Waals surface area contributed by atoms with Crippen LogP contribution >= 0.6 is 12.2 Å². The van der Waals surface area contributed by atoms with Crippen molar-refractivity contribution < 1.29 is 9.90 Å². The Hall–Kier alpha value is -2.73. The molecule has 2 N–H and O–H groups in total. The van der Waals surface area contributed by atoms with E-state index in [1.54, 1.807) is 6.07 Å². The first-order valence-electron chi connectivity index (χ1n) is 8.58. The van der Waals surface area contributed by atoms with Gasteiger partial charge in [0.1, 0.15) is 5.82 Å². The predicted molar refractivity (Wildman–Crippen MR) is 104 cm³/mol. The summed E-state index contributed by atoms with van der Waals surface area (Å²) in [6.45, 7) is 4.19. The highest BCUT2D eigenvalue weighted by Crippen LogP contribution is 2.26. The largest absolute Gasteiger partial charge is 0.478 e. The van der Waals surface area contributed by atoms with Gasteiger partial charge in [0.2, 0.25) is 4.77 Å². The van der Waals surface area contributed by atoms with Crippen molar-refractivity contribution in [1.29, 1.82) is 0 Å². The van der Waals surface area contributed by atoms with Gasteiger partial charge in [-0.2, -0.15) is 0 Å². The summed E-state index contributed by atoms with van der Waals surface area (Å²) >= 11 is 5.17. The Morgan fingerprint density at radius 3 is 2.65 bits per heavy atom. The van der Waals surface area contributed by atoms with Gasteiger partial charge in [-0.05, 0) is 48.3 Å². The number of nitrogens with zero attached hydrogens (tertiary/aromatic N) is 2. The van der Waals surface area contributed by atoms with Gasteiger partial charge in [0.25, 0.3) is 0 Å². The average Bonchev–Trinajstić information content (AvgIpc) is 3.02. The average molecular weight is 367 g/mol. The summed E-state index contributed by atoms with van der Waals surface area (Å²) in [6, 6.07) is 15.3. The van der Waals surface area contributed by atoms with Crippen LogP contribution in [0.4, 0.5) is 0 Å². The molecule has 6 heteroatoms. The molecule has 0 saturated carbocycles. The Bertz CT molecular complexity index is 976. The van der Waals surface area contributed by atoms with Crippen LogP contribution in [0.1, 0.15) is 48.1 Å². The number of benzene rings is 2. The van der Waals surface area contributed by atoms with Gasteiger partial charge in [0.15, 0.2) is 0 Å². The molecule has 26 heavy (non-hydrogen) atoms. The molecule has 2 aromatic carbocycles. The molecular formula is C20H21N3O2S. The summed E-state index contributed by atoms with van der Waals surface area (Å²) in [5, 5.41) is 12.8. The second-order valence-electron chi connectivity index (χ2n) is 6.30. The molecule has 0 aliphatic carbocycles. The van der Waals surface area contributed by atoms with Crippen LogP contribution in [0, 0.1) is 4.77 Å². The smallest absolute Gasteiger partial charge is 0.336 e. The fraction of sp³-hybridized carbons (Fsp3) is 0.250. The van der Waals surface area contributed by atoms with E-state index in [4.69, 9.17) is 12.2 Å². The summed E-state index contributed by atoms with van der Waals surface area (Å²) in [5.74, 6) is -0.125. The molecule has 0 bridgehead atoms. The fourth-order valence-electron chi connectivity index (χ4n) is 2.97. The maximum atomic E-state index is 11.8. The quantitative estimate of drug-likeness (QED) is 0.610. The molecule has 134 valence electrons. The van der Waals surface area contributed by atoms with Crippen molar-refractivity contribution in [2.75, 3.05) is 0 Å². The molecule has 1 heterocycles. The monoisotopic (exact) mass is 367 g/mol. The van der Waals surface area contributed by atoms with Gasteiger partial charge >= 0.3 is 5.97 Å². The van der Waals surface area contributed by atoms with Crippen LogP contribution in [0.2, 0.25) is 0 Å². The minimum absolute atomic E-state index is 0.247. The van der Waals surface area contributed by atoms with Crippen LogP contribution < -0.4 is 0 Å². The lowest BCUT2D eigenvalue weighted by atomic mass is 9.96. The highest BCUT2D eigenvalue weighted by molar-refractivity contribution is 7.71. The highest BCUT2D eigenvalue weighted by Gasteiger charge is 2.15. The minimum atomic E-state index is -0.938. The zero-order chi connectivity index (χ0) is 18.7. The normalized spacial score (nSPS) is 12.1. The van der Waals surface area contributed by atoms with Gasteiger partial charge < -0.3 is 5.11 Å². The Morgan fingerprint density at radius 2 is 2.00 bits per heavy atom. The number of carbonyl (C=O) groups is 1. The van der Waals surface area contributed by atoms with E-state index in [2.05, 4.69) is 23.9 Å². The molecule has 0 saturated heterocycles. The van der Waals surface area contributed by atoms with Crippen molar-refractivity contribution >= 4 is 18.2 Å². The van der Waals surface area contributed by atoms with E-state index in [-0.39, 0.29) is 11.6 Å². The standard InChI is InChI=1S/C20H21N3O2S/c1-3-13(2)23-18(21-20(26)22-23)12-14-9-10-16(17(11-14)19(24)25)15-7-5-4-6-8-15/h4-11,13H,3,12H2,1-2H3,(H,22,26)(H,24,25). The molecule has 3 aromatic rings. The van der Waals surface area contributed by atoms with Crippen molar-refractivity contribution in [2.45, 2.75) is 32.7 Å². The molecule has 0 fully saturated rings. The molecule has 0 radical (unpaired) electrons. The van der Waals surface area contributed by atoms with E-state index >= 15 is 0 Å². The van der Waals surface area contributed by atoms with Crippen molar-refractivity contribution in [3.05, 3.63) is 70.3 Å². The Morgan fingerprint density at radius 1 is 1.27 bits per heavy atom. The third-order valence-electron chi connectivity index (χ3n) is 4.52. The van der Waals surface area contributed by atoms with Gasteiger partial charge in [-0.1, -0.05) is 49.4 Å². The first kappa shape index (κ1) is 18.1. The number of carboxylic acid groups (broad SMARTS) is 1. The molecule has 0 amide bonds. The lowest BCUT2D eigenvalue weighted by molar-refractivity contribution is 0.0697. The molecule has 5 nitrogen and oxygen atoms in total. The Kier molecular flexibility index (Phi) is 5.32. The number of nitrogens with one attached hydrogen (secondary N) is 1. The topological polar surface area (TPSA) is 70.9 Å². The van der Waals surface area contributed by atoms with Crippen LogP contribution in [0.25, 0.3) is 11.1 Å². The van der Waals surface area contributed by atoms with Crippen LogP contribution in [0.5, 0.6) is 0 Å². The number of aromatic carboxylic acids is 1. The maximum absolute atomic E-state index is 11.8. The number of hydrogen-bond donors (Lipinski definition) is 2. The highest BCUT2D eigenvalue weighted by atomic mass is 32.1. The third-order valence-corrected chi connectivity index (χ3v) is 4.70. The summed E-state index contributed by atoms with van der Waals surface area (Å²) in [4.78, 5) is 16.2. The number of rotatable bonds is 6. The summed E-state index contributed by atoms with van der Waals surface area (Å²) in [6.07, 6.45) is 1.47.